The van der Waals surface area contributed by atoms with E-state index in [1.807, 2.05) is 29.2 Å². The number of hydrogen-bond acceptors (Lipinski definition) is 4. The molecular formula is C23H25N3O2. The van der Waals surface area contributed by atoms with Crippen molar-refractivity contribution in [2.24, 2.45) is 0 Å². The van der Waals surface area contributed by atoms with Crippen LogP contribution in [0.3, 0.4) is 0 Å². The molecule has 2 heterocycles. The maximum Gasteiger partial charge on any atom is 0.257 e. The van der Waals surface area contributed by atoms with E-state index >= 15 is 0 Å². The molecule has 1 saturated heterocycles. The van der Waals surface area contributed by atoms with E-state index < -0.39 is 0 Å². The molecule has 1 aliphatic rings. The van der Waals surface area contributed by atoms with E-state index in [1.54, 1.807) is 7.11 Å². The van der Waals surface area contributed by atoms with E-state index in [0.717, 1.165) is 24.4 Å². The van der Waals surface area contributed by atoms with Gasteiger partial charge in [-0.1, -0.05) is 30.3 Å². The Bertz CT molecular complexity index is 1020. The molecule has 0 N–H and O–H groups in total. The Morgan fingerprint density at radius 2 is 1.71 bits per heavy atom. The first kappa shape index (κ1) is 18.3. The molecule has 0 saturated carbocycles. The topological polar surface area (TPSA) is 45.7 Å². The van der Waals surface area contributed by atoms with Gasteiger partial charge in [-0.25, -0.2) is 4.98 Å². The molecule has 2 aromatic carbocycles. The molecule has 5 heteroatoms. The quantitative estimate of drug-likeness (QED) is 0.698. The molecular weight excluding hydrogens is 350 g/mol. The number of aromatic nitrogens is 1. The SMILES string of the molecule is COc1ccccc1C(=O)N1CCN(c2cc(C)c3cccc(C)c3n2)CC1. The summed E-state index contributed by atoms with van der Waals surface area (Å²) in [7, 11) is 1.60. The van der Waals surface area contributed by atoms with Gasteiger partial charge >= 0.3 is 0 Å². The highest BCUT2D eigenvalue weighted by Gasteiger charge is 2.25. The summed E-state index contributed by atoms with van der Waals surface area (Å²) in [5, 5.41) is 1.20. The highest BCUT2D eigenvalue weighted by atomic mass is 16.5. The van der Waals surface area contributed by atoms with E-state index in [0.29, 0.717) is 24.4 Å². The number of nitrogens with zero attached hydrogens (tertiary/aromatic N) is 3. The second-order valence-electron chi connectivity index (χ2n) is 7.25. The van der Waals surface area contributed by atoms with Gasteiger partial charge in [-0.15, -0.1) is 0 Å². The first-order chi connectivity index (χ1) is 13.6. The summed E-state index contributed by atoms with van der Waals surface area (Å²) in [6, 6.07) is 15.9. The zero-order chi connectivity index (χ0) is 19.7. The summed E-state index contributed by atoms with van der Waals surface area (Å²) in [6.45, 7) is 7.11. The number of carbonyl (C=O) groups excluding carboxylic acids is 1. The molecule has 0 unspecified atom stereocenters. The van der Waals surface area contributed by atoms with Crippen molar-refractivity contribution in [1.29, 1.82) is 0 Å². The largest absolute Gasteiger partial charge is 0.496 e. The molecule has 5 nitrogen and oxygen atoms in total. The van der Waals surface area contributed by atoms with Gasteiger partial charge in [-0.2, -0.15) is 0 Å². The van der Waals surface area contributed by atoms with Crippen LogP contribution < -0.4 is 9.64 Å². The fourth-order valence-corrected chi connectivity index (χ4v) is 3.84. The summed E-state index contributed by atoms with van der Waals surface area (Å²) >= 11 is 0. The molecule has 0 atom stereocenters. The van der Waals surface area contributed by atoms with Gasteiger partial charge < -0.3 is 14.5 Å². The van der Waals surface area contributed by atoms with Crippen LogP contribution in [0.5, 0.6) is 5.75 Å². The van der Waals surface area contributed by atoms with Crippen LogP contribution in [0.4, 0.5) is 5.82 Å². The van der Waals surface area contributed by atoms with Crippen LogP contribution in [0.1, 0.15) is 21.5 Å². The number of piperazine rings is 1. The molecule has 1 aliphatic heterocycles. The van der Waals surface area contributed by atoms with Crippen LogP contribution >= 0.6 is 0 Å². The van der Waals surface area contributed by atoms with Gasteiger partial charge in [0.15, 0.2) is 0 Å². The van der Waals surface area contributed by atoms with Crippen LogP contribution in [0.15, 0.2) is 48.5 Å². The summed E-state index contributed by atoms with van der Waals surface area (Å²) in [5.41, 5.74) is 4.10. The number of para-hydroxylation sites is 2. The maximum atomic E-state index is 12.9. The number of rotatable bonds is 3. The Kier molecular flexibility index (Phi) is 4.90. The third-order valence-corrected chi connectivity index (χ3v) is 5.46. The Morgan fingerprint density at radius 3 is 2.46 bits per heavy atom. The summed E-state index contributed by atoms with van der Waals surface area (Å²) in [5.74, 6) is 1.64. The van der Waals surface area contributed by atoms with Crippen LogP contribution in [-0.2, 0) is 0 Å². The highest BCUT2D eigenvalue weighted by Crippen LogP contribution is 2.26. The number of ether oxygens (including phenoxy) is 1. The fourth-order valence-electron chi connectivity index (χ4n) is 3.84. The van der Waals surface area contributed by atoms with Gasteiger partial charge in [-0.3, -0.25) is 4.79 Å². The minimum atomic E-state index is 0.0237. The van der Waals surface area contributed by atoms with E-state index in [4.69, 9.17) is 9.72 Å². The van der Waals surface area contributed by atoms with Crippen molar-refractivity contribution < 1.29 is 9.53 Å². The van der Waals surface area contributed by atoms with E-state index in [1.165, 1.54) is 16.5 Å². The molecule has 144 valence electrons. The summed E-state index contributed by atoms with van der Waals surface area (Å²) < 4.78 is 5.35. The first-order valence-corrected chi connectivity index (χ1v) is 9.62. The zero-order valence-corrected chi connectivity index (χ0v) is 16.6. The molecule has 28 heavy (non-hydrogen) atoms. The molecule has 0 spiro atoms. The molecule has 0 aliphatic carbocycles. The number of fused-ring (bicyclic) bond motifs is 1. The summed E-state index contributed by atoms with van der Waals surface area (Å²) in [6.07, 6.45) is 0. The normalized spacial score (nSPS) is 14.4. The van der Waals surface area contributed by atoms with Crippen molar-refractivity contribution >= 4 is 22.6 Å². The Balaban J connectivity index is 1.52. The van der Waals surface area contributed by atoms with Crippen molar-refractivity contribution in [3.8, 4) is 5.75 Å². The van der Waals surface area contributed by atoms with E-state index in [-0.39, 0.29) is 5.91 Å². The predicted molar refractivity (Wildman–Crippen MR) is 112 cm³/mol. The molecule has 3 aromatic rings. The number of anilines is 1. The third kappa shape index (κ3) is 3.28. The van der Waals surface area contributed by atoms with Gasteiger partial charge in [0.05, 0.1) is 18.2 Å². The minimum Gasteiger partial charge on any atom is -0.496 e. The van der Waals surface area contributed by atoms with Crippen molar-refractivity contribution in [3.63, 3.8) is 0 Å². The maximum absolute atomic E-state index is 12.9. The van der Waals surface area contributed by atoms with Gasteiger partial charge in [0.2, 0.25) is 0 Å². The summed E-state index contributed by atoms with van der Waals surface area (Å²) in [4.78, 5) is 22.0. The first-order valence-electron chi connectivity index (χ1n) is 9.62. The van der Waals surface area contributed by atoms with Gasteiger partial charge in [-0.05, 0) is 43.2 Å². The average molecular weight is 375 g/mol. The van der Waals surface area contributed by atoms with Crippen LogP contribution in [0, 0.1) is 13.8 Å². The average Bonchev–Trinajstić information content (AvgIpc) is 2.74. The molecule has 0 bridgehead atoms. The lowest BCUT2D eigenvalue weighted by molar-refractivity contribution is 0.0743. The zero-order valence-electron chi connectivity index (χ0n) is 16.6. The van der Waals surface area contributed by atoms with Crippen LogP contribution in [-0.4, -0.2) is 49.1 Å². The van der Waals surface area contributed by atoms with Gasteiger partial charge in [0.25, 0.3) is 5.91 Å². The standard InChI is InChI=1S/C23H25N3O2/c1-16-7-6-9-18-17(2)15-21(24-22(16)18)25-11-13-26(14-12-25)23(27)19-8-4-5-10-20(19)28-3/h4-10,15H,11-14H2,1-3H3. The Hall–Kier alpha value is -3.08. The van der Waals surface area contributed by atoms with Crippen molar-refractivity contribution in [1.82, 2.24) is 9.88 Å². The minimum absolute atomic E-state index is 0.0237. The van der Waals surface area contributed by atoms with Crippen molar-refractivity contribution in [2.45, 2.75) is 13.8 Å². The van der Waals surface area contributed by atoms with E-state index in [9.17, 15) is 4.79 Å². The molecule has 1 amide bonds. The molecule has 1 aromatic heterocycles. The number of benzene rings is 2. The van der Waals surface area contributed by atoms with Crippen LogP contribution in [0.25, 0.3) is 10.9 Å². The monoisotopic (exact) mass is 375 g/mol. The number of methoxy groups -OCH3 is 1. The number of pyridine rings is 1. The van der Waals surface area contributed by atoms with E-state index in [2.05, 4.69) is 43.0 Å². The Morgan fingerprint density at radius 1 is 0.964 bits per heavy atom. The second kappa shape index (κ2) is 7.50. The second-order valence-corrected chi connectivity index (χ2v) is 7.25. The fraction of sp³-hybridized carbons (Fsp3) is 0.304. The van der Waals surface area contributed by atoms with Crippen LogP contribution in [0.2, 0.25) is 0 Å². The smallest absolute Gasteiger partial charge is 0.257 e. The highest BCUT2D eigenvalue weighted by molar-refractivity contribution is 5.97. The van der Waals surface area contributed by atoms with Crippen molar-refractivity contribution in [2.75, 3.05) is 38.2 Å². The number of carbonyl (C=O) groups is 1. The lowest BCUT2D eigenvalue weighted by atomic mass is 10.1. The van der Waals surface area contributed by atoms with Gasteiger partial charge in [0, 0.05) is 31.6 Å². The van der Waals surface area contributed by atoms with Gasteiger partial charge in [0.1, 0.15) is 11.6 Å². The lowest BCUT2D eigenvalue weighted by Crippen LogP contribution is -2.49. The molecule has 4 rings (SSSR count). The molecule has 1 fully saturated rings. The lowest BCUT2D eigenvalue weighted by Gasteiger charge is -2.36. The number of hydrogen-bond donors (Lipinski definition) is 0. The number of aryl methyl sites for hydroxylation is 2. The predicted octanol–water partition coefficient (Wildman–Crippen LogP) is 3.82. The number of amides is 1. The van der Waals surface area contributed by atoms with Crippen molar-refractivity contribution in [3.05, 3.63) is 65.2 Å². The molecule has 0 radical (unpaired) electrons. The Labute approximate surface area is 165 Å². The third-order valence-electron chi connectivity index (χ3n) is 5.46.